The van der Waals surface area contributed by atoms with Crippen LogP contribution in [0.3, 0.4) is 0 Å². The second kappa shape index (κ2) is 9.76. The topological polar surface area (TPSA) is 123 Å². The molecule has 4 unspecified atom stereocenters. The molecule has 2 aliphatic heterocycles. The van der Waals surface area contributed by atoms with Crippen LogP contribution in [0, 0.1) is 6.92 Å². The van der Waals surface area contributed by atoms with Gasteiger partial charge in [-0.1, -0.05) is 11.6 Å². The average molecular weight is 480 g/mol. The third-order valence-corrected chi connectivity index (χ3v) is 6.34. The quantitative estimate of drug-likeness (QED) is 0.472. The fourth-order valence-corrected chi connectivity index (χ4v) is 4.13. The Hall–Kier alpha value is -2.53. The van der Waals surface area contributed by atoms with Gasteiger partial charge in [0, 0.05) is 18.0 Å². The number of amides is 1. The van der Waals surface area contributed by atoms with E-state index in [4.69, 9.17) is 25.8 Å². The van der Waals surface area contributed by atoms with Crippen LogP contribution in [-0.4, -0.2) is 69.3 Å². The number of ether oxygens (including phenoxy) is 3. The zero-order valence-electron chi connectivity index (χ0n) is 18.4. The molecular weight excluding hydrogens is 454 g/mol. The third-order valence-electron chi connectivity index (χ3n) is 5.94. The lowest BCUT2D eigenvalue weighted by molar-refractivity contribution is -0.122. The number of hydrogen-bond donors (Lipinski definition) is 1. The lowest BCUT2D eigenvalue weighted by Gasteiger charge is -2.37. The number of aliphatic hydroxyl groups excluding tert-OH is 1. The first-order chi connectivity index (χ1) is 15.7. The summed E-state index contributed by atoms with van der Waals surface area (Å²) in [5.74, 6) is -0.323. The number of nitrogens with zero attached hydrogens (tertiary/aromatic N) is 3. The normalized spacial score (nSPS) is 24.7. The van der Waals surface area contributed by atoms with Gasteiger partial charge in [-0.2, -0.15) is 0 Å². The van der Waals surface area contributed by atoms with Crippen molar-refractivity contribution in [3.63, 3.8) is 0 Å². The maximum atomic E-state index is 12.8. The number of hydrogen-bond acceptors (Lipinski definition) is 8. The first kappa shape index (κ1) is 23.6. The number of ketones is 1. The van der Waals surface area contributed by atoms with Crippen molar-refractivity contribution >= 4 is 34.4 Å². The first-order valence-corrected chi connectivity index (χ1v) is 11.2. The second-order valence-electron chi connectivity index (χ2n) is 8.41. The minimum atomic E-state index is -0.879. The molecule has 0 saturated carbocycles. The van der Waals surface area contributed by atoms with Crippen molar-refractivity contribution in [3.8, 4) is 0 Å². The largest absolute Gasteiger partial charge is 0.422 e. The second-order valence-corrected chi connectivity index (χ2v) is 8.82. The highest BCUT2D eigenvalue weighted by Crippen LogP contribution is 2.24. The molecule has 0 spiro atoms. The number of fused-ring (bicyclic) bond motifs is 1. The maximum absolute atomic E-state index is 12.8. The molecule has 3 heterocycles. The number of carbonyl (C=O) groups is 2. The molecular formula is C22H26ClN3O7. The van der Waals surface area contributed by atoms with Gasteiger partial charge in [0.05, 0.1) is 35.9 Å². The predicted molar refractivity (Wildman–Crippen MR) is 118 cm³/mol. The summed E-state index contributed by atoms with van der Waals surface area (Å²) < 4.78 is 16.7. The van der Waals surface area contributed by atoms with Crippen molar-refractivity contribution in [2.45, 2.75) is 64.2 Å². The fourth-order valence-electron chi connectivity index (χ4n) is 3.97. The molecule has 11 heteroatoms. The standard InChI is InChI=1S/C22H26ClN3O7/c1-12-6-17-15(8-16(12)23)20(29)25(10-24-17)9-14(27)7-18-19(28)4-3-5-26(18)22(30)32-11-31-21-13(2)33-21/h6,8,10,13,18-19,21,28H,3-5,7,9,11H2,1-2H3. The van der Waals surface area contributed by atoms with Crippen LogP contribution in [0.25, 0.3) is 10.9 Å². The van der Waals surface area contributed by atoms with Gasteiger partial charge in [-0.3, -0.25) is 14.2 Å². The zero-order chi connectivity index (χ0) is 23.7. The minimum Gasteiger partial charge on any atom is -0.422 e. The smallest absolute Gasteiger partial charge is 0.412 e. The summed E-state index contributed by atoms with van der Waals surface area (Å²) in [6, 6.07) is 2.50. The van der Waals surface area contributed by atoms with E-state index in [1.165, 1.54) is 15.8 Å². The molecule has 33 heavy (non-hydrogen) atoms. The maximum Gasteiger partial charge on any atom is 0.412 e. The molecule has 1 aromatic heterocycles. The average Bonchev–Trinajstić information content (AvgIpc) is 3.48. The van der Waals surface area contributed by atoms with Crippen molar-refractivity contribution in [2.24, 2.45) is 0 Å². The van der Waals surface area contributed by atoms with Crippen molar-refractivity contribution in [1.29, 1.82) is 0 Å². The summed E-state index contributed by atoms with van der Waals surface area (Å²) in [6.45, 7) is 3.48. The number of Topliss-reactive ketones (excluding diaryl/α,β-unsaturated/α-hetero) is 1. The lowest BCUT2D eigenvalue weighted by Crippen LogP contribution is -2.52. The van der Waals surface area contributed by atoms with Gasteiger partial charge >= 0.3 is 6.09 Å². The molecule has 10 nitrogen and oxygen atoms in total. The van der Waals surface area contributed by atoms with Gasteiger partial charge in [0.1, 0.15) is 6.10 Å². The SMILES string of the molecule is Cc1cc2ncn(CC(=O)CC3C(O)CCCN3C(=O)OCOC3OC3C)c(=O)c2cc1Cl. The van der Waals surface area contributed by atoms with Crippen molar-refractivity contribution in [2.75, 3.05) is 13.3 Å². The van der Waals surface area contributed by atoms with Crippen LogP contribution in [0.4, 0.5) is 4.79 Å². The summed E-state index contributed by atoms with van der Waals surface area (Å²) >= 11 is 6.14. The van der Waals surface area contributed by atoms with E-state index in [1.807, 2.05) is 13.8 Å². The highest BCUT2D eigenvalue weighted by atomic mass is 35.5. The Labute approximate surface area is 195 Å². The van der Waals surface area contributed by atoms with Gasteiger partial charge in [0.2, 0.25) is 0 Å². The fraction of sp³-hybridized carbons (Fsp3) is 0.545. The Balaban J connectivity index is 1.42. The van der Waals surface area contributed by atoms with Crippen molar-refractivity contribution in [1.82, 2.24) is 14.5 Å². The number of halogens is 1. The molecule has 178 valence electrons. The molecule has 1 amide bonds. The van der Waals surface area contributed by atoms with E-state index in [-0.39, 0.29) is 43.5 Å². The number of epoxide rings is 1. The van der Waals surface area contributed by atoms with Crippen molar-refractivity contribution in [3.05, 3.63) is 39.4 Å². The summed E-state index contributed by atoms with van der Waals surface area (Å²) in [6.07, 6.45) is 0.274. The molecule has 0 aliphatic carbocycles. The molecule has 2 fully saturated rings. The van der Waals surface area contributed by atoms with Crippen LogP contribution < -0.4 is 5.56 Å². The van der Waals surface area contributed by atoms with E-state index in [0.29, 0.717) is 35.3 Å². The molecule has 2 aliphatic rings. The number of benzene rings is 1. The predicted octanol–water partition coefficient (Wildman–Crippen LogP) is 2.00. The molecule has 2 aromatic rings. The number of carbonyl (C=O) groups excluding carboxylic acids is 2. The highest BCUT2D eigenvalue weighted by molar-refractivity contribution is 6.32. The van der Waals surface area contributed by atoms with Crippen LogP contribution in [0.5, 0.6) is 0 Å². The van der Waals surface area contributed by atoms with Gasteiger partial charge in [-0.05, 0) is 44.4 Å². The summed E-state index contributed by atoms with van der Waals surface area (Å²) in [5, 5.41) is 11.2. The Bertz CT molecular complexity index is 1120. The van der Waals surface area contributed by atoms with Gasteiger partial charge in [-0.25, -0.2) is 9.78 Å². The van der Waals surface area contributed by atoms with Crippen LogP contribution in [0.2, 0.25) is 5.02 Å². The Kier molecular flexibility index (Phi) is 6.99. The molecule has 0 bridgehead atoms. The number of piperidine rings is 1. The van der Waals surface area contributed by atoms with Gasteiger partial charge in [-0.15, -0.1) is 0 Å². The summed E-state index contributed by atoms with van der Waals surface area (Å²) in [5.41, 5.74) is 0.910. The van der Waals surface area contributed by atoms with Crippen LogP contribution in [0.15, 0.2) is 23.3 Å². The van der Waals surface area contributed by atoms with E-state index in [9.17, 15) is 19.5 Å². The molecule has 1 N–H and O–H groups in total. The van der Waals surface area contributed by atoms with E-state index in [2.05, 4.69) is 4.98 Å². The number of aliphatic hydroxyl groups is 1. The minimum absolute atomic E-state index is 0.0288. The molecule has 0 radical (unpaired) electrons. The summed E-state index contributed by atoms with van der Waals surface area (Å²) in [7, 11) is 0. The van der Waals surface area contributed by atoms with Gasteiger partial charge in [0.25, 0.3) is 5.56 Å². The zero-order valence-corrected chi connectivity index (χ0v) is 19.2. The van der Waals surface area contributed by atoms with Crippen LogP contribution in [-0.2, 0) is 25.5 Å². The van der Waals surface area contributed by atoms with E-state index >= 15 is 0 Å². The highest BCUT2D eigenvalue weighted by Gasteiger charge is 2.38. The molecule has 1 aromatic carbocycles. The Morgan fingerprint density at radius 3 is 2.85 bits per heavy atom. The van der Waals surface area contributed by atoms with E-state index in [1.54, 1.807) is 12.1 Å². The monoisotopic (exact) mass is 479 g/mol. The van der Waals surface area contributed by atoms with Crippen LogP contribution >= 0.6 is 11.6 Å². The third kappa shape index (κ3) is 5.35. The molecule has 4 rings (SSSR count). The van der Waals surface area contributed by atoms with E-state index < -0.39 is 18.2 Å². The molecule has 2 saturated heterocycles. The summed E-state index contributed by atoms with van der Waals surface area (Å²) in [4.78, 5) is 43.7. The van der Waals surface area contributed by atoms with Crippen molar-refractivity contribution < 1.29 is 28.9 Å². The molecule has 4 atom stereocenters. The van der Waals surface area contributed by atoms with Gasteiger partial charge < -0.3 is 24.2 Å². The number of aryl methyl sites for hydroxylation is 1. The number of aromatic nitrogens is 2. The number of likely N-dealkylation sites (tertiary alicyclic amines) is 1. The number of rotatable bonds is 7. The first-order valence-electron chi connectivity index (χ1n) is 10.8. The van der Waals surface area contributed by atoms with E-state index in [0.717, 1.165) is 5.56 Å². The Morgan fingerprint density at radius 2 is 2.12 bits per heavy atom. The van der Waals surface area contributed by atoms with Crippen LogP contribution in [0.1, 0.15) is 31.7 Å². The lowest BCUT2D eigenvalue weighted by atomic mass is 9.95. The Morgan fingerprint density at radius 1 is 1.36 bits per heavy atom. The van der Waals surface area contributed by atoms with Gasteiger partial charge in [0.15, 0.2) is 18.9 Å².